The molecule has 0 fully saturated rings. The van der Waals surface area contributed by atoms with Gasteiger partial charge in [0.05, 0.1) is 0 Å². The maximum Gasteiger partial charge on any atom is -1.00 e. The van der Waals surface area contributed by atoms with E-state index in [4.69, 9.17) is 0 Å². The molecule has 0 aliphatic carbocycles. The Hall–Kier alpha value is 1.31. The fourth-order valence-corrected chi connectivity index (χ4v) is 1.73. The van der Waals surface area contributed by atoms with Crippen LogP contribution in [0.1, 0.15) is 41.5 Å². The molecule has 0 aromatic rings. The Labute approximate surface area is 116 Å². The summed E-state index contributed by atoms with van der Waals surface area (Å²) in [6.45, 7) is 12.2. The van der Waals surface area contributed by atoms with Crippen LogP contribution in [0.4, 0.5) is 0 Å². The first-order valence-electron chi connectivity index (χ1n) is 5.85. The van der Waals surface area contributed by atoms with E-state index in [1.54, 1.807) is 13.8 Å². The van der Waals surface area contributed by atoms with Crippen LogP contribution in [0.3, 0.4) is 0 Å². The van der Waals surface area contributed by atoms with Gasteiger partial charge in [0.2, 0.25) is 0 Å². The Bertz CT molecular complexity index is 60.9. The van der Waals surface area contributed by atoms with Crippen molar-refractivity contribution in [2.45, 2.75) is 68.8 Å². The Morgan fingerprint density at radius 1 is 0.800 bits per heavy atom. The van der Waals surface area contributed by atoms with Crippen LogP contribution in [-0.4, -0.2) is 36.5 Å². The summed E-state index contributed by atoms with van der Waals surface area (Å²) in [7, 11) is 0. The molecular weight excluding hydrogens is 238 g/mol. The standard InChI is InChI=1S/C3H7O.4C2H5.2Al.ClH/c1-3(2)4;4*1-2;;;/h3H,1-2H3;4*1H2,2H3;;;1H/q-1;;;;;2*+1;/p-1. The number of hydrogen-bond acceptors (Lipinski definition) is 1. The maximum absolute atomic E-state index is 9.53. The van der Waals surface area contributed by atoms with Gasteiger partial charge in [0.15, 0.2) is 0 Å². The van der Waals surface area contributed by atoms with Gasteiger partial charge in [0.1, 0.15) is 0 Å². The predicted molar refractivity (Wildman–Crippen MR) is 68.6 cm³/mol. The Morgan fingerprint density at radius 3 is 0.933 bits per heavy atom. The Morgan fingerprint density at radius 2 is 0.933 bits per heavy atom. The van der Waals surface area contributed by atoms with E-state index in [1.807, 2.05) is 0 Å². The molecule has 0 rings (SSSR count). The summed E-state index contributed by atoms with van der Waals surface area (Å²) < 4.78 is 0. The third-order valence-electron chi connectivity index (χ3n) is 1.15. The monoisotopic (exact) mass is 264 g/mol. The third kappa shape index (κ3) is 96.1. The summed E-state index contributed by atoms with van der Waals surface area (Å²) in [5.41, 5.74) is 0. The van der Waals surface area contributed by atoms with Gasteiger partial charge < -0.3 is 17.5 Å². The molecule has 0 atom stereocenters. The van der Waals surface area contributed by atoms with Gasteiger partial charge in [-0.3, -0.25) is 0 Å². The van der Waals surface area contributed by atoms with Crippen LogP contribution in [0.2, 0.25) is 21.1 Å². The van der Waals surface area contributed by atoms with E-state index in [1.165, 1.54) is 21.1 Å². The van der Waals surface area contributed by atoms with E-state index in [0.717, 1.165) is 30.4 Å². The van der Waals surface area contributed by atoms with Crippen LogP contribution >= 0.6 is 0 Å². The van der Waals surface area contributed by atoms with Crippen LogP contribution in [0.25, 0.3) is 0 Å². The summed E-state index contributed by atoms with van der Waals surface area (Å²) in [5, 5.41) is 15.2. The number of halogens is 1. The molecule has 0 radical (unpaired) electrons. The minimum absolute atomic E-state index is 0. The second-order valence-corrected chi connectivity index (χ2v) is 7.68. The molecule has 0 saturated carbocycles. The van der Waals surface area contributed by atoms with Gasteiger partial charge in [0.25, 0.3) is 0 Å². The van der Waals surface area contributed by atoms with E-state index in [2.05, 4.69) is 27.7 Å². The van der Waals surface area contributed by atoms with E-state index in [-0.39, 0.29) is 12.4 Å². The van der Waals surface area contributed by atoms with Gasteiger partial charge in [-0.25, -0.2) is 0 Å². The zero-order chi connectivity index (χ0) is 11.8. The Balaban J connectivity index is -0.0000000590. The number of rotatable bonds is 4. The second kappa shape index (κ2) is 29.5. The largest absolute Gasteiger partial charge is 1.00 e. The molecule has 0 amide bonds. The topological polar surface area (TPSA) is 23.1 Å². The molecule has 4 heteroatoms. The smallest absolute Gasteiger partial charge is 1.00 e. The van der Waals surface area contributed by atoms with Crippen molar-refractivity contribution in [3.63, 3.8) is 0 Å². The minimum atomic E-state index is -0.417. The molecule has 0 saturated heterocycles. The van der Waals surface area contributed by atoms with Crippen LogP contribution < -0.4 is 17.5 Å². The van der Waals surface area contributed by atoms with Crippen molar-refractivity contribution in [2.24, 2.45) is 0 Å². The third-order valence-corrected chi connectivity index (χ3v) is 3.46. The van der Waals surface area contributed by atoms with Crippen molar-refractivity contribution in [3.8, 4) is 0 Å². The van der Waals surface area contributed by atoms with Crippen molar-refractivity contribution in [1.29, 1.82) is 0 Å². The van der Waals surface area contributed by atoms with Gasteiger partial charge in [0, 0.05) is 0 Å². The van der Waals surface area contributed by atoms with Gasteiger partial charge in [-0.15, -0.1) is 6.10 Å². The first-order chi connectivity index (χ1) is 6.56. The molecule has 0 heterocycles. The normalized spacial score (nSPS) is 6.93. The van der Waals surface area contributed by atoms with Crippen molar-refractivity contribution in [1.82, 2.24) is 0 Å². The van der Waals surface area contributed by atoms with E-state index in [0.29, 0.717) is 0 Å². The van der Waals surface area contributed by atoms with Crippen LogP contribution in [0.15, 0.2) is 0 Å². The van der Waals surface area contributed by atoms with Gasteiger partial charge in [-0.05, 0) is 0 Å². The van der Waals surface area contributed by atoms with E-state index in [9.17, 15) is 5.11 Å². The molecule has 0 unspecified atom stereocenters. The molecule has 1 nitrogen and oxygen atoms in total. The van der Waals surface area contributed by atoms with Crippen molar-refractivity contribution >= 4 is 30.4 Å². The molecular formula is C11H27Al2ClO. The summed E-state index contributed by atoms with van der Waals surface area (Å²) in [6, 6.07) is 0. The fraction of sp³-hybridized carbons (Fsp3) is 1.00. The first kappa shape index (κ1) is 25.2. The molecule has 15 heavy (non-hydrogen) atoms. The first-order valence-corrected chi connectivity index (χ1v) is 9.12. The van der Waals surface area contributed by atoms with E-state index >= 15 is 0 Å². The van der Waals surface area contributed by atoms with Gasteiger partial charge in [-0.1, -0.05) is 13.8 Å². The van der Waals surface area contributed by atoms with E-state index < -0.39 is 6.10 Å². The quantitative estimate of drug-likeness (QED) is 0.650. The summed E-state index contributed by atoms with van der Waals surface area (Å²) >= 11 is 1.63. The zero-order valence-corrected chi connectivity index (χ0v) is 14.4. The van der Waals surface area contributed by atoms with Crippen molar-refractivity contribution < 1.29 is 17.5 Å². The average Bonchev–Trinajstić information content (AvgIpc) is 2.07. The van der Waals surface area contributed by atoms with Crippen LogP contribution in [-0.2, 0) is 0 Å². The molecule has 0 aromatic heterocycles. The van der Waals surface area contributed by atoms with Crippen molar-refractivity contribution in [2.75, 3.05) is 0 Å². The van der Waals surface area contributed by atoms with Crippen LogP contribution in [0, 0.1) is 0 Å². The molecule has 0 bridgehead atoms. The second-order valence-electron chi connectivity index (χ2n) is 3.26. The fourth-order valence-electron chi connectivity index (χ4n) is 0.577. The molecule has 90 valence electrons. The SMILES string of the molecule is CC(C)[O-].C[CH2][Al+][CH2]C.C[CH2][Al+][CH2]C.[Cl-]. The van der Waals surface area contributed by atoms with Gasteiger partial charge in [-0.2, -0.15) is 0 Å². The molecule has 0 aliphatic rings. The molecule has 0 N–H and O–H groups in total. The zero-order valence-electron chi connectivity index (χ0n) is 11.3. The summed E-state index contributed by atoms with van der Waals surface area (Å²) in [6.07, 6.45) is -0.417. The average molecular weight is 265 g/mol. The summed E-state index contributed by atoms with van der Waals surface area (Å²) in [4.78, 5) is 0. The maximum atomic E-state index is 9.53. The molecule has 0 aliphatic heterocycles. The predicted octanol–water partition coefficient (Wildman–Crippen LogP) is -0.107. The number of hydrogen-bond donors (Lipinski definition) is 0. The minimum Gasteiger partial charge on any atom is -1.00 e. The summed E-state index contributed by atoms with van der Waals surface area (Å²) in [5.74, 6) is 0. The molecule has 0 aromatic carbocycles. The van der Waals surface area contributed by atoms with Crippen molar-refractivity contribution in [3.05, 3.63) is 0 Å². The van der Waals surface area contributed by atoms with Crippen LogP contribution in [0.5, 0.6) is 0 Å². The molecule has 0 spiro atoms. The van der Waals surface area contributed by atoms with Gasteiger partial charge >= 0.3 is 79.3 Å². The Kier molecular flexibility index (Phi) is 49.6.